The van der Waals surface area contributed by atoms with Crippen molar-refractivity contribution in [1.29, 1.82) is 0 Å². The molecular weight excluding hydrogens is 244 g/mol. The van der Waals surface area contributed by atoms with E-state index in [1.54, 1.807) is 0 Å². The van der Waals surface area contributed by atoms with E-state index < -0.39 is 5.97 Å². The summed E-state index contributed by atoms with van der Waals surface area (Å²) < 4.78 is 5.33. The average Bonchev–Trinajstić information content (AvgIpc) is 2.33. The van der Waals surface area contributed by atoms with E-state index in [9.17, 15) is 4.79 Å². The van der Waals surface area contributed by atoms with Gasteiger partial charge in [-0.25, -0.2) is 9.78 Å². The molecule has 17 heavy (non-hydrogen) atoms. The SMILES string of the molecule is O=C(O)c1cnc(NC2CCCOC2)c(Cl)c1. The van der Waals surface area contributed by atoms with E-state index >= 15 is 0 Å². The third kappa shape index (κ3) is 3.08. The third-order valence-corrected chi connectivity index (χ3v) is 2.88. The standard InChI is InChI=1S/C11H13ClN2O3/c12-9-4-7(11(15)16)5-13-10(9)14-8-2-1-3-17-6-8/h4-5,8H,1-3,6H2,(H,13,14)(H,15,16). The summed E-state index contributed by atoms with van der Waals surface area (Å²) in [4.78, 5) is 14.7. The van der Waals surface area contributed by atoms with Crippen LogP contribution in [0.3, 0.4) is 0 Å². The Morgan fingerprint density at radius 3 is 3.06 bits per heavy atom. The molecule has 2 rings (SSSR count). The summed E-state index contributed by atoms with van der Waals surface area (Å²) in [6.07, 6.45) is 3.29. The Balaban J connectivity index is 2.08. The first kappa shape index (κ1) is 12.1. The minimum Gasteiger partial charge on any atom is -0.478 e. The van der Waals surface area contributed by atoms with Crippen LogP contribution in [0.5, 0.6) is 0 Å². The van der Waals surface area contributed by atoms with Crippen molar-refractivity contribution in [2.75, 3.05) is 18.5 Å². The maximum absolute atomic E-state index is 10.7. The molecule has 0 amide bonds. The van der Waals surface area contributed by atoms with Crippen LogP contribution in [0.1, 0.15) is 23.2 Å². The molecule has 5 nitrogen and oxygen atoms in total. The van der Waals surface area contributed by atoms with E-state index in [0.717, 1.165) is 19.4 Å². The van der Waals surface area contributed by atoms with Gasteiger partial charge in [0, 0.05) is 12.8 Å². The predicted octanol–water partition coefficient (Wildman–Crippen LogP) is 2.02. The zero-order valence-electron chi connectivity index (χ0n) is 9.15. The lowest BCUT2D eigenvalue weighted by atomic mass is 10.1. The fourth-order valence-corrected chi connectivity index (χ4v) is 1.93. The van der Waals surface area contributed by atoms with Gasteiger partial charge in [-0.15, -0.1) is 0 Å². The molecule has 1 aromatic heterocycles. The Morgan fingerprint density at radius 1 is 1.65 bits per heavy atom. The Kier molecular flexibility index (Phi) is 3.81. The molecule has 1 atom stereocenters. The highest BCUT2D eigenvalue weighted by Crippen LogP contribution is 2.22. The monoisotopic (exact) mass is 256 g/mol. The van der Waals surface area contributed by atoms with Crippen molar-refractivity contribution in [3.05, 3.63) is 22.8 Å². The van der Waals surface area contributed by atoms with Gasteiger partial charge in [0.25, 0.3) is 0 Å². The van der Waals surface area contributed by atoms with Crippen LogP contribution >= 0.6 is 11.6 Å². The van der Waals surface area contributed by atoms with E-state index in [-0.39, 0.29) is 11.6 Å². The van der Waals surface area contributed by atoms with Crippen LogP contribution in [0.15, 0.2) is 12.3 Å². The topological polar surface area (TPSA) is 71.5 Å². The van der Waals surface area contributed by atoms with Crippen LogP contribution in [0.2, 0.25) is 5.02 Å². The van der Waals surface area contributed by atoms with Gasteiger partial charge in [-0.1, -0.05) is 11.6 Å². The number of anilines is 1. The van der Waals surface area contributed by atoms with Gasteiger partial charge in [-0.3, -0.25) is 0 Å². The number of ether oxygens (including phenoxy) is 1. The molecule has 92 valence electrons. The number of carboxylic acid groups (broad SMARTS) is 1. The molecule has 1 saturated heterocycles. The van der Waals surface area contributed by atoms with Gasteiger partial charge in [-0.2, -0.15) is 0 Å². The molecule has 2 N–H and O–H groups in total. The quantitative estimate of drug-likeness (QED) is 0.866. The van der Waals surface area contributed by atoms with Crippen LogP contribution in [-0.4, -0.2) is 35.3 Å². The second-order valence-electron chi connectivity index (χ2n) is 3.92. The smallest absolute Gasteiger partial charge is 0.337 e. The Morgan fingerprint density at radius 2 is 2.47 bits per heavy atom. The van der Waals surface area contributed by atoms with Crippen molar-refractivity contribution in [2.45, 2.75) is 18.9 Å². The lowest BCUT2D eigenvalue weighted by molar-refractivity contribution is 0.0696. The van der Waals surface area contributed by atoms with Crippen LogP contribution < -0.4 is 5.32 Å². The van der Waals surface area contributed by atoms with E-state index in [1.807, 2.05) is 0 Å². The van der Waals surface area contributed by atoms with Crippen LogP contribution in [0, 0.1) is 0 Å². The molecule has 1 aliphatic rings. The van der Waals surface area contributed by atoms with Gasteiger partial charge < -0.3 is 15.2 Å². The number of rotatable bonds is 3. The lowest BCUT2D eigenvalue weighted by Crippen LogP contribution is -2.30. The van der Waals surface area contributed by atoms with Gasteiger partial charge in [0.15, 0.2) is 0 Å². The first-order chi connectivity index (χ1) is 8.16. The summed E-state index contributed by atoms with van der Waals surface area (Å²) in [5.41, 5.74) is 0.0837. The Hall–Kier alpha value is -1.33. The molecule has 0 spiro atoms. The molecule has 0 aromatic carbocycles. The number of halogens is 1. The molecule has 0 saturated carbocycles. The molecular formula is C11H13ClN2O3. The summed E-state index contributed by atoms with van der Waals surface area (Å²) in [7, 11) is 0. The highest BCUT2D eigenvalue weighted by Gasteiger charge is 2.16. The minimum absolute atomic E-state index is 0.0837. The fraction of sp³-hybridized carbons (Fsp3) is 0.455. The van der Waals surface area contributed by atoms with Crippen LogP contribution in [-0.2, 0) is 4.74 Å². The maximum Gasteiger partial charge on any atom is 0.337 e. The van der Waals surface area contributed by atoms with Crippen LogP contribution in [0.25, 0.3) is 0 Å². The number of carbonyl (C=O) groups is 1. The minimum atomic E-state index is -1.04. The molecule has 0 aliphatic carbocycles. The van der Waals surface area contributed by atoms with Crippen molar-refractivity contribution in [1.82, 2.24) is 4.98 Å². The zero-order chi connectivity index (χ0) is 12.3. The summed E-state index contributed by atoms with van der Waals surface area (Å²) in [5, 5.41) is 12.3. The molecule has 1 aromatic rings. The van der Waals surface area contributed by atoms with Gasteiger partial charge >= 0.3 is 5.97 Å². The largest absolute Gasteiger partial charge is 0.478 e. The van der Waals surface area contributed by atoms with Crippen molar-refractivity contribution >= 4 is 23.4 Å². The Bertz CT molecular complexity index is 419. The summed E-state index contributed by atoms with van der Waals surface area (Å²) in [6.45, 7) is 1.41. The molecule has 0 radical (unpaired) electrons. The molecule has 1 aliphatic heterocycles. The van der Waals surface area contributed by atoms with Crippen molar-refractivity contribution in [2.24, 2.45) is 0 Å². The van der Waals surface area contributed by atoms with Crippen molar-refractivity contribution in [3.63, 3.8) is 0 Å². The van der Waals surface area contributed by atoms with Crippen molar-refractivity contribution < 1.29 is 14.6 Å². The number of nitrogens with one attached hydrogen (secondary N) is 1. The first-order valence-corrected chi connectivity index (χ1v) is 5.78. The van der Waals surface area contributed by atoms with E-state index in [0.29, 0.717) is 17.4 Å². The lowest BCUT2D eigenvalue weighted by Gasteiger charge is -2.23. The average molecular weight is 257 g/mol. The molecule has 1 unspecified atom stereocenters. The Labute approximate surface area is 104 Å². The predicted molar refractivity (Wildman–Crippen MR) is 63.7 cm³/mol. The summed E-state index contributed by atoms with van der Waals surface area (Å²) in [5.74, 6) is -0.529. The number of nitrogens with zero attached hydrogens (tertiary/aromatic N) is 1. The summed E-state index contributed by atoms with van der Waals surface area (Å²) in [6, 6.07) is 1.58. The number of hydrogen-bond acceptors (Lipinski definition) is 4. The van der Waals surface area contributed by atoms with E-state index in [2.05, 4.69) is 10.3 Å². The highest BCUT2D eigenvalue weighted by molar-refractivity contribution is 6.33. The number of hydrogen-bond donors (Lipinski definition) is 2. The second kappa shape index (κ2) is 5.33. The second-order valence-corrected chi connectivity index (χ2v) is 4.33. The third-order valence-electron chi connectivity index (χ3n) is 2.59. The first-order valence-electron chi connectivity index (χ1n) is 5.40. The molecule has 6 heteroatoms. The number of aromatic nitrogens is 1. The molecule has 2 heterocycles. The van der Waals surface area contributed by atoms with E-state index in [4.69, 9.17) is 21.4 Å². The summed E-state index contributed by atoms with van der Waals surface area (Å²) >= 11 is 5.96. The van der Waals surface area contributed by atoms with Crippen LogP contribution in [0.4, 0.5) is 5.82 Å². The molecule has 0 bridgehead atoms. The zero-order valence-corrected chi connectivity index (χ0v) is 9.91. The highest BCUT2D eigenvalue weighted by atomic mass is 35.5. The van der Waals surface area contributed by atoms with E-state index in [1.165, 1.54) is 12.3 Å². The maximum atomic E-state index is 10.7. The fourth-order valence-electron chi connectivity index (χ4n) is 1.71. The number of aromatic carboxylic acids is 1. The number of carboxylic acids is 1. The van der Waals surface area contributed by atoms with Gasteiger partial charge in [0.05, 0.1) is 23.2 Å². The number of pyridine rings is 1. The van der Waals surface area contributed by atoms with Gasteiger partial charge in [-0.05, 0) is 18.9 Å². The van der Waals surface area contributed by atoms with Crippen molar-refractivity contribution in [3.8, 4) is 0 Å². The molecule has 1 fully saturated rings. The van der Waals surface area contributed by atoms with Gasteiger partial charge in [0.2, 0.25) is 0 Å². The normalized spacial score (nSPS) is 19.9. The van der Waals surface area contributed by atoms with Gasteiger partial charge in [0.1, 0.15) is 5.82 Å².